The second kappa shape index (κ2) is 7.59. The van der Waals surface area contributed by atoms with E-state index in [4.69, 9.17) is 14.2 Å². The molecule has 160 valence electrons. The average molecular weight is 406 g/mol. The van der Waals surface area contributed by atoms with Crippen molar-refractivity contribution in [3.63, 3.8) is 0 Å². The van der Waals surface area contributed by atoms with Gasteiger partial charge in [0.05, 0.1) is 0 Å². The highest BCUT2D eigenvalue weighted by Gasteiger charge is 2.62. The summed E-state index contributed by atoms with van der Waals surface area (Å²) in [7, 11) is 0. The van der Waals surface area contributed by atoms with Crippen LogP contribution >= 0.6 is 0 Å². The summed E-state index contributed by atoms with van der Waals surface area (Å²) in [5.41, 5.74) is 0.231. The van der Waals surface area contributed by atoms with Gasteiger partial charge in [-0.05, 0) is 30.3 Å². The third-order valence-corrected chi connectivity index (χ3v) is 6.57. The van der Waals surface area contributed by atoms with Gasteiger partial charge in [-0.1, -0.05) is 33.9 Å². The fourth-order valence-electron chi connectivity index (χ4n) is 5.14. The molecule has 1 aliphatic heterocycles. The van der Waals surface area contributed by atoms with Crippen LogP contribution in [0.15, 0.2) is 24.3 Å². The molecule has 7 nitrogen and oxygen atoms in total. The third-order valence-electron chi connectivity index (χ3n) is 6.57. The molecule has 7 heteroatoms. The van der Waals surface area contributed by atoms with Crippen molar-refractivity contribution >= 4 is 17.9 Å². The Labute approximate surface area is 171 Å². The fourth-order valence-corrected chi connectivity index (χ4v) is 5.14. The fraction of sp³-hybridized carbons (Fsp3) is 0.682. The SMILES string of the molecule is C=C1C(=O)O[C@@H]2C[C@]3(C)[C@@H](C[C@H]12)C(=C)[C@H](O)[C@H](OC(=O)CC(C)C)[C@@H]3OC(C)=O. The van der Waals surface area contributed by atoms with Crippen molar-refractivity contribution in [3.05, 3.63) is 24.3 Å². The first kappa shape index (κ1) is 21.6. The van der Waals surface area contributed by atoms with Gasteiger partial charge in [0.15, 0.2) is 6.10 Å². The molecule has 1 saturated heterocycles. The van der Waals surface area contributed by atoms with E-state index in [9.17, 15) is 19.5 Å². The quantitative estimate of drug-likeness (QED) is 0.331. The molecule has 2 saturated carbocycles. The van der Waals surface area contributed by atoms with E-state index in [0.717, 1.165) is 0 Å². The Morgan fingerprint density at radius 2 is 1.97 bits per heavy atom. The zero-order chi connectivity index (χ0) is 21.7. The summed E-state index contributed by atoms with van der Waals surface area (Å²) in [6.45, 7) is 14.9. The lowest BCUT2D eigenvalue weighted by Crippen LogP contribution is -2.63. The van der Waals surface area contributed by atoms with Crippen LogP contribution in [-0.2, 0) is 28.6 Å². The molecule has 3 rings (SSSR count). The molecule has 3 aliphatic rings. The van der Waals surface area contributed by atoms with Crippen LogP contribution in [0.25, 0.3) is 0 Å². The first-order chi connectivity index (χ1) is 13.5. The molecule has 0 radical (unpaired) electrons. The topological polar surface area (TPSA) is 99.1 Å². The summed E-state index contributed by atoms with van der Waals surface area (Å²) in [6, 6.07) is 0. The molecule has 3 fully saturated rings. The molecule has 7 atom stereocenters. The third kappa shape index (κ3) is 3.72. The molecule has 0 amide bonds. The lowest BCUT2D eigenvalue weighted by molar-refractivity contribution is -0.211. The van der Waals surface area contributed by atoms with Crippen LogP contribution in [0.3, 0.4) is 0 Å². The monoisotopic (exact) mass is 406 g/mol. The maximum absolute atomic E-state index is 12.4. The summed E-state index contributed by atoms with van der Waals surface area (Å²) in [5.74, 6) is -1.74. The summed E-state index contributed by atoms with van der Waals surface area (Å²) in [5, 5.41) is 10.9. The van der Waals surface area contributed by atoms with Gasteiger partial charge in [0.25, 0.3) is 0 Å². The molecule has 0 bridgehead atoms. The van der Waals surface area contributed by atoms with Gasteiger partial charge >= 0.3 is 17.9 Å². The van der Waals surface area contributed by atoms with Crippen LogP contribution in [0.4, 0.5) is 0 Å². The number of esters is 3. The van der Waals surface area contributed by atoms with Gasteiger partial charge in [-0.3, -0.25) is 9.59 Å². The summed E-state index contributed by atoms with van der Waals surface area (Å²) >= 11 is 0. The molecule has 1 N–H and O–H groups in total. The van der Waals surface area contributed by atoms with E-state index in [1.165, 1.54) is 6.92 Å². The number of aliphatic hydroxyl groups is 1. The molecule has 29 heavy (non-hydrogen) atoms. The van der Waals surface area contributed by atoms with Gasteiger partial charge in [-0.2, -0.15) is 0 Å². The zero-order valence-corrected chi connectivity index (χ0v) is 17.5. The zero-order valence-electron chi connectivity index (χ0n) is 17.5. The minimum absolute atomic E-state index is 0.0845. The van der Waals surface area contributed by atoms with Crippen molar-refractivity contribution in [1.82, 2.24) is 0 Å². The lowest BCUT2D eigenvalue weighted by atomic mass is 9.53. The van der Waals surface area contributed by atoms with Gasteiger partial charge in [-0.15, -0.1) is 0 Å². The lowest BCUT2D eigenvalue weighted by Gasteiger charge is -2.56. The van der Waals surface area contributed by atoms with Gasteiger partial charge < -0.3 is 19.3 Å². The molecule has 0 aromatic carbocycles. The van der Waals surface area contributed by atoms with Crippen molar-refractivity contribution in [2.24, 2.45) is 23.2 Å². The Bertz CT molecular complexity index is 754. The minimum Gasteiger partial charge on any atom is -0.458 e. The van der Waals surface area contributed by atoms with E-state index < -0.39 is 41.6 Å². The minimum atomic E-state index is -1.17. The largest absolute Gasteiger partial charge is 0.458 e. The maximum Gasteiger partial charge on any atom is 0.334 e. The van der Waals surface area contributed by atoms with Crippen molar-refractivity contribution in [2.75, 3.05) is 0 Å². The molecule has 2 aliphatic carbocycles. The number of ether oxygens (including phenoxy) is 3. The van der Waals surface area contributed by atoms with Crippen LogP contribution in [0.5, 0.6) is 0 Å². The Hall–Kier alpha value is -2.15. The number of fused-ring (bicyclic) bond motifs is 2. The summed E-state index contributed by atoms with van der Waals surface area (Å²) < 4.78 is 16.7. The molecule has 0 unspecified atom stereocenters. The van der Waals surface area contributed by atoms with Gasteiger partial charge in [0.2, 0.25) is 0 Å². The second-order valence-electron chi connectivity index (χ2n) is 9.18. The highest BCUT2D eigenvalue weighted by atomic mass is 16.6. The highest BCUT2D eigenvalue weighted by Crippen LogP contribution is 2.58. The van der Waals surface area contributed by atoms with E-state index in [1.807, 2.05) is 20.8 Å². The number of carbonyl (C=O) groups excluding carboxylic acids is 3. The summed E-state index contributed by atoms with van der Waals surface area (Å²) in [6.07, 6.45) is -2.40. The molecule has 0 aromatic heterocycles. The maximum atomic E-state index is 12.4. The van der Waals surface area contributed by atoms with Crippen molar-refractivity contribution in [2.45, 2.75) is 71.4 Å². The predicted octanol–water partition coefficient (Wildman–Crippen LogP) is 2.32. The number of hydrogen-bond donors (Lipinski definition) is 1. The van der Waals surface area contributed by atoms with Crippen LogP contribution in [0, 0.1) is 23.2 Å². The van der Waals surface area contributed by atoms with Crippen molar-refractivity contribution in [3.8, 4) is 0 Å². The molecule has 1 heterocycles. The Morgan fingerprint density at radius 3 is 2.55 bits per heavy atom. The summed E-state index contributed by atoms with van der Waals surface area (Å²) in [4.78, 5) is 36.3. The average Bonchev–Trinajstić information content (AvgIpc) is 2.87. The Kier molecular flexibility index (Phi) is 5.64. The van der Waals surface area contributed by atoms with Crippen molar-refractivity contribution < 1.29 is 33.7 Å². The molecule has 0 spiro atoms. The van der Waals surface area contributed by atoms with Crippen LogP contribution in [-0.4, -0.2) is 47.4 Å². The number of carbonyl (C=O) groups is 3. The van der Waals surface area contributed by atoms with E-state index in [2.05, 4.69) is 13.2 Å². The van der Waals surface area contributed by atoms with E-state index in [1.54, 1.807) is 0 Å². The van der Waals surface area contributed by atoms with Crippen LogP contribution in [0.1, 0.15) is 47.0 Å². The van der Waals surface area contributed by atoms with Crippen LogP contribution < -0.4 is 0 Å². The Balaban J connectivity index is 1.96. The molecular formula is C22H30O7. The predicted molar refractivity (Wildman–Crippen MR) is 103 cm³/mol. The van der Waals surface area contributed by atoms with E-state index >= 15 is 0 Å². The van der Waals surface area contributed by atoms with Crippen molar-refractivity contribution in [1.29, 1.82) is 0 Å². The highest BCUT2D eigenvalue weighted by molar-refractivity contribution is 5.90. The van der Waals surface area contributed by atoms with Gasteiger partial charge in [0, 0.05) is 30.3 Å². The molecule has 0 aromatic rings. The van der Waals surface area contributed by atoms with Gasteiger partial charge in [0.1, 0.15) is 18.3 Å². The van der Waals surface area contributed by atoms with E-state index in [-0.39, 0.29) is 30.3 Å². The second-order valence-corrected chi connectivity index (χ2v) is 9.18. The Morgan fingerprint density at radius 1 is 1.31 bits per heavy atom. The smallest absolute Gasteiger partial charge is 0.334 e. The number of hydrogen-bond acceptors (Lipinski definition) is 7. The number of aliphatic hydroxyl groups excluding tert-OH is 1. The standard InChI is InChI=1S/C22H30O7/c1-10(2)7-17(24)29-19-18(25)12(4)15-8-14-11(3)21(26)28-16(14)9-22(15,6)20(19)27-13(5)23/h10,14-16,18-20,25H,3-4,7-9H2,1-2,5-6H3/t14-,15+,16-,18+,19+,20+,22-/m1/s1. The number of rotatable bonds is 4. The first-order valence-corrected chi connectivity index (χ1v) is 10.1. The normalized spacial score (nSPS) is 38.9. The van der Waals surface area contributed by atoms with Crippen LogP contribution in [0.2, 0.25) is 0 Å². The molecular weight excluding hydrogens is 376 g/mol. The van der Waals surface area contributed by atoms with Gasteiger partial charge in [-0.25, -0.2) is 4.79 Å². The van der Waals surface area contributed by atoms with E-state index in [0.29, 0.717) is 24.0 Å². The first-order valence-electron chi connectivity index (χ1n) is 10.1.